The Labute approximate surface area is 208 Å². The van der Waals surface area contributed by atoms with E-state index in [1.54, 1.807) is 30.3 Å². The van der Waals surface area contributed by atoms with Crippen molar-refractivity contribution in [2.45, 2.75) is 55.3 Å². The molecule has 0 saturated carbocycles. The lowest BCUT2D eigenvalue weighted by Crippen LogP contribution is -2.63. The Balaban J connectivity index is 2.08. The summed E-state index contributed by atoms with van der Waals surface area (Å²) in [6.07, 6.45) is -6.97. The molecular weight excluding hydrogens is 496 g/mol. The van der Waals surface area contributed by atoms with E-state index in [-0.39, 0.29) is 22.7 Å². The molecule has 1 aliphatic heterocycles. The molecule has 0 aliphatic carbocycles. The molecule has 3 rings (SSSR count). The second-order valence-electron chi connectivity index (χ2n) is 8.22. The highest BCUT2D eigenvalue weighted by molar-refractivity contribution is 7.89. The lowest BCUT2D eigenvalue weighted by molar-refractivity contribution is -0.231. The Morgan fingerprint density at radius 3 is 2.39 bits per heavy atom. The number of hydrogen-bond donors (Lipinski definition) is 7. The number of hydrogen-bond acceptors (Lipinski definition) is 10. The SMILES string of the molecule is CCCCNc1cc(C(=O)O)cc(S(=O)(=O)N[C@@H]2O[C@H](CO)[C@H](O)[C@H](O)[C@H]2O)c1Oc1ccccc1. The van der Waals surface area contributed by atoms with Crippen LogP contribution in [0.5, 0.6) is 11.5 Å². The van der Waals surface area contributed by atoms with Gasteiger partial charge in [0.05, 0.1) is 17.9 Å². The predicted molar refractivity (Wildman–Crippen MR) is 127 cm³/mol. The topological polar surface area (TPSA) is 195 Å². The Hall–Kier alpha value is -2.78. The number of unbranched alkanes of at least 4 members (excludes halogenated alkanes) is 1. The molecule has 0 spiro atoms. The average Bonchev–Trinajstić information content (AvgIpc) is 2.85. The highest BCUT2D eigenvalue weighted by Crippen LogP contribution is 2.38. The summed E-state index contributed by atoms with van der Waals surface area (Å²) in [4.78, 5) is 11.2. The van der Waals surface area contributed by atoms with Crippen LogP contribution in [0, 0.1) is 0 Å². The number of rotatable bonds is 11. The molecule has 0 aromatic heterocycles. The average molecular weight is 527 g/mol. The van der Waals surface area contributed by atoms with E-state index in [1.165, 1.54) is 6.07 Å². The lowest BCUT2D eigenvalue weighted by atomic mass is 9.99. The van der Waals surface area contributed by atoms with E-state index in [2.05, 4.69) is 10.0 Å². The van der Waals surface area contributed by atoms with Crippen LogP contribution in [-0.4, -0.2) is 83.7 Å². The first-order valence-electron chi connectivity index (χ1n) is 11.3. The van der Waals surface area contributed by atoms with Gasteiger partial charge in [0.25, 0.3) is 0 Å². The molecule has 2 aromatic rings. The number of nitrogens with one attached hydrogen (secondary N) is 2. The third kappa shape index (κ3) is 6.31. The fraction of sp³-hybridized carbons (Fsp3) is 0.435. The zero-order chi connectivity index (χ0) is 26.5. The summed E-state index contributed by atoms with van der Waals surface area (Å²) in [6, 6.07) is 10.4. The van der Waals surface area contributed by atoms with Crippen molar-refractivity contribution in [1.29, 1.82) is 0 Å². The standard InChI is InChI=1S/C23H30N2O10S/c1-2-3-9-24-15-10-13(23(30)31)11-17(21(15)34-14-7-5-4-6-8-14)36(32,33)25-22-20(29)19(28)18(27)16(12-26)35-22/h4-8,10-11,16,18-20,22,24-29H,2-3,9,12H2,1H3,(H,30,31)/t16-,18+,19+,20-,22-/m1/s1. The summed E-state index contributed by atoms with van der Waals surface area (Å²) < 4.78 is 40.2. The summed E-state index contributed by atoms with van der Waals surface area (Å²) in [7, 11) is -4.66. The van der Waals surface area contributed by atoms with Gasteiger partial charge in [0.2, 0.25) is 10.0 Å². The highest BCUT2D eigenvalue weighted by Gasteiger charge is 2.45. The van der Waals surface area contributed by atoms with E-state index < -0.39 is 58.1 Å². The van der Waals surface area contributed by atoms with E-state index in [9.17, 15) is 38.7 Å². The van der Waals surface area contributed by atoms with Crippen molar-refractivity contribution < 1.29 is 48.2 Å². The molecule has 12 nitrogen and oxygen atoms in total. The summed E-state index contributed by atoms with van der Waals surface area (Å²) in [5, 5.41) is 52.3. The number of carboxylic acids is 1. The second kappa shape index (κ2) is 12.0. The van der Waals surface area contributed by atoms with Crippen LogP contribution in [-0.2, 0) is 14.8 Å². The zero-order valence-electron chi connectivity index (χ0n) is 19.4. The van der Waals surface area contributed by atoms with Crippen molar-refractivity contribution >= 4 is 21.7 Å². The third-order valence-electron chi connectivity index (χ3n) is 5.56. The third-order valence-corrected chi connectivity index (χ3v) is 6.99. The Kier molecular flexibility index (Phi) is 9.24. The van der Waals surface area contributed by atoms with Crippen LogP contribution in [0.4, 0.5) is 5.69 Å². The van der Waals surface area contributed by atoms with Gasteiger partial charge >= 0.3 is 5.97 Å². The summed E-state index contributed by atoms with van der Waals surface area (Å²) in [5.74, 6) is -1.30. The number of carbonyl (C=O) groups is 1. The number of anilines is 1. The van der Waals surface area contributed by atoms with Gasteiger partial charge in [-0.15, -0.1) is 0 Å². The van der Waals surface area contributed by atoms with E-state index in [4.69, 9.17) is 9.47 Å². The Bertz CT molecular complexity index is 1140. The molecule has 0 unspecified atom stereocenters. The van der Waals surface area contributed by atoms with Crippen LogP contribution < -0.4 is 14.8 Å². The molecular formula is C23H30N2O10S. The van der Waals surface area contributed by atoms with Gasteiger partial charge in [-0.3, -0.25) is 0 Å². The van der Waals surface area contributed by atoms with Crippen molar-refractivity contribution in [2.75, 3.05) is 18.5 Å². The van der Waals surface area contributed by atoms with Crippen LogP contribution in [0.3, 0.4) is 0 Å². The number of carboxylic acid groups (broad SMARTS) is 1. The van der Waals surface area contributed by atoms with Gasteiger partial charge in [0, 0.05) is 6.54 Å². The molecule has 0 bridgehead atoms. The number of para-hydroxylation sites is 1. The van der Waals surface area contributed by atoms with Gasteiger partial charge in [-0.2, -0.15) is 4.72 Å². The summed E-state index contributed by atoms with van der Waals surface area (Å²) in [5.41, 5.74) is -0.232. The quantitative estimate of drug-likeness (QED) is 0.201. The highest BCUT2D eigenvalue weighted by atomic mass is 32.2. The zero-order valence-corrected chi connectivity index (χ0v) is 20.3. The number of aromatic carboxylic acids is 1. The first kappa shape index (κ1) is 27.8. The molecule has 5 atom stereocenters. The van der Waals surface area contributed by atoms with E-state index in [0.717, 1.165) is 12.5 Å². The molecule has 2 aromatic carbocycles. The fourth-order valence-corrected chi connectivity index (χ4v) is 4.89. The van der Waals surface area contributed by atoms with Crippen LogP contribution >= 0.6 is 0 Å². The van der Waals surface area contributed by atoms with Crippen LogP contribution in [0.1, 0.15) is 30.1 Å². The summed E-state index contributed by atoms with van der Waals surface area (Å²) in [6.45, 7) is 1.60. The Morgan fingerprint density at radius 1 is 1.08 bits per heavy atom. The number of aliphatic hydroxyl groups is 4. The van der Waals surface area contributed by atoms with Gasteiger partial charge in [0.1, 0.15) is 35.1 Å². The second-order valence-corrected chi connectivity index (χ2v) is 9.90. The molecule has 1 heterocycles. The minimum Gasteiger partial charge on any atom is -0.478 e. The first-order valence-corrected chi connectivity index (χ1v) is 12.8. The molecule has 13 heteroatoms. The molecule has 1 fully saturated rings. The van der Waals surface area contributed by atoms with E-state index in [1.807, 2.05) is 6.92 Å². The molecule has 7 N–H and O–H groups in total. The van der Waals surface area contributed by atoms with Crippen LogP contribution in [0.25, 0.3) is 0 Å². The number of sulfonamides is 1. The van der Waals surface area contributed by atoms with Crippen molar-refractivity contribution in [3.05, 3.63) is 48.0 Å². The maximum atomic E-state index is 13.5. The van der Waals surface area contributed by atoms with Crippen molar-refractivity contribution in [3.63, 3.8) is 0 Å². The smallest absolute Gasteiger partial charge is 0.335 e. The normalized spacial score (nSPS) is 24.3. The largest absolute Gasteiger partial charge is 0.478 e. The Morgan fingerprint density at radius 2 is 1.78 bits per heavy atom. The maximum Gasteiger partial charge on any atom is 0.335 e. The molecule has 198 valence electrons. The van der Waals surface area contributed by atoms with Crippen LogP contribution in [0.2, 0.25) is 0 Å². The molecule has 0 radical (unpaired) electrons. The van der Waals surface area contributed by atoms with Gasteiger partial charge in [-0.1, -0.05) is 31.5 Å². The predicted octanol–water partition coefficient (Wildman–Crippen LogP) is 0.467. The fourth-order valence-electron chi connectivity index (χ4n) is 3.58. The van der Waals surface area contributed by atoms with Crippen molar-refractivity contribution in [2.24, 2.45) is 0 Å². The van der Waals surface area contributed by atoms with Gasteiger partial charge < -0.3 is 40.3 Å². The summed E-state index contributed by atoms with van der Waals surface area (Å²) >= 11 is 0. The number of ether oxygens (including phenoxy) is 2. The monoisotopic (exact) mass is 526 g/mol. The van der Waals surface area contributed by atoms with Crippen molar-refractivity contribution in [3.8, 4) is 11.5 Å². The minimum absolute atomic E-state index is 0.112. The van der Waals surface area contributed by atoms with Gasteiger partial charge in [0.15, 0.2) is 12.0 Å². The first-order chi connectivity index (χ1) is 17.1. The van der Waals surface area contributed by atoms with E-state index in [0.29, 0.717) is 13.0 Å². The molecule has 1 saturated heterocycles. The van der Waals surface area contributed by atoms with Crippen molar-refractivity contribution in [1.82, 2.24) is 4.72 Å². The molecule has 1 aliphatic rings. The maximum absolute atomic E-state index is 13.5. The minimum atomic E-state index is -4.66. The van der Waals surface area contributed by atoms with Crippen LogP contribution in [0.15, 0.2) is 47.4 Å². The number of aliphatic hydroxyl groups excluding tert-OH is 4. The molecule has 36 heavy (non-hydrogen) atoms. The van der Waals surface area contributed by atoms with Gasteiger partial charge in [-0.05, 0) is 30.7 Å². The number of benzene rings is 2. The van der Waals surface area contributed by atoms with E-state index >= 15 is 0 Å². The lowest BCUT2D eigenvalue weighted by Gasteiger charge is -2.40. The van der Waals surface area contributed by atoms with Gasteiger partial charge in [-0.25, -0.2) is 13.2 Å². The molecule has 0 amide bonds.